The Morgan fingerprint density at radius 2 is 1.45 bits per heavy atom. The van der Waals surface area contributed by atoms with Crippen molar-refractivity contribution in [3.05, 3.63) is 142 Å². The van der Waals surface area contributed by atoms with Gasteiger partial charge in [-0.15, -0.1) is 5.06 Å². The largest absolute Gasteiger partial charge is 0.465 e. The second-order valence-electron chi connectivity index (χ2n) is 10.2. The number of methoxy groups -OCH3 is 1. The molecule has 0 N–H and O–H groups in total. The molecular formula is C34H31ClN2O5. The zero-order valence-corrected chi connectivity index (χ0v) is 24.2. The number of hydrogen-bond acceptors (Lipinski definition) is 6. The summed E-state index contributed by atoms with van der Waals surface area (Å²) >= 11 is 6.59. The van der Waals surface area contributed by atoms with Crippen molar-refractivity contribution in [1.82, 2.24) is 9.96 Å². The minimum Gasteiger partial charge on any atom is -0.465 e. The van der Waals surface area contributed by atoms with Crippen LogP contribution < -0.4 is 0 Å². The standard InChI is InChI=1S/C34H31ClN2O5/c1-23(29-14-8-9-15-30(29)35)36(21-24-16-18-26(19-17-24)33(39)41-2)32(38)31-20-27-12-6-7-13-28(27)22-37(31)42-34(40)25-10-4-3-5-11-25/h3-19,23,31H,20-22H2,1-2H3/t23-,31+/m1/s1. The van der Waals surface area contributed by atoms with Crippen molar-refractivity contribution >= 4 is 29.4 Å². The van der Waals surface area contributed by atoms with E-state index in [0.29, 0.717) is 22.6 Å². The Hall–Kier alpha value is -4.46. The summed E-state index contributed by atoms with van der Waals surface area (Å²) in [4.78, 5) is 47.3. The van der Waals surface area contributed by atoms with E-state index < -0.39 is 24.0 Å². The van der Waals surface area contributed by atoms with Crippen molar-refractivity contribution < 1.29 is 24.0 Å². The predicted molar refractivity (Wildman–Crippen MR) is 160 cm³/mol. The molecule has 4 aromatic carbocycles. The molecule has 5 rings (SSSR count). The second-order valence-corrected chi connectivity index (χ2v) is 10.6. The highest BCUT2D eigenvalue weighted by Gasteiger charge is 2.39. The first-order chi connectivity index (χ1) is 20.4. The number of benzene rings is 4. The third-order valence-corrected chi connectivity index (χ3v) is 7.88. The van der Waals surface area contributed by atoms with Gasteiger partial charge in [0.1, 0.15) is 6.04 Å². The van der Waals surface area contributed by atoms with Gasteiger partial charge < -0.3 is 14.5 Å². The highest BCUT2D eigenvalue weighted by Crippen LogP contribution is 2.32. The Morgan fingerprint density at radius 3 is 2.14 bits per heavy atom. The summed E-state index contributed by atoms with van der Waals surface area (Å²) in [6.07, 6.45) is 0.365. The second kappa shape index (κ2) is 13.0. The van der Waals surface area contributed by atoms with Crippen LogP contribution in [0.3, 0.4) is 0 Å². The molecule has 0 spiro atoms. The minimum atomic E-state index is -0.771. The third-order valence-electron chi connectivity index (χ3n) is 7.53. The van der Waals surface area contributed by atoms with E-state index in [0.717, 1.165) is 22.3 Å². The molecule has 7 nitrogen and oxygen atoms in total. The Kier molecular flexibility index (Phi) is 9.00. The number of carbonyl (C=O) groups excluding carboxylic acids is 3. The van der Waals surface area contributed by atoms with Crippen LogP contribution in [0.25, 0.3) is 0 Å². The summed E-state index contributed by atoms with van der Waals surface area (Å²) in [5.74, 6) is -1.18. The first-order valence-electron chi connectivity index (χ1n) is 13.7. The van der Waals surface area contributed by atoms with E-state index >= 15 is 0 Å². The molecule has 1 heterocycles. The van der Waals surface area contributed by atoms with Crippen molar-refractivity contribution in [3.63, 3.8) is 0 Å². The quantitative estimate of drug-likeness (QED) is 0.223. The number of amides is 1. The number of nitrogens with zero attached hydrogens (tertiary/aromatic N) is 2. The van der Waals surface area contributed by atoms with Crippen molar-refractivity contribution in [2.75, 3.05) is 7.11 Å². The van der Waals surface area contributed by atoms with Crippen molar-refractivity contribution in [1.29, 1.82) is 0 Å². The van der Waals surface area contributed by atoms with E-state index in [-0.39, 0.29) is 19.0 Å². The zero-order valence-electron chi connectivity index (χ0n) is 23.4. The first-order valence-corrected chi connectivity index (χ1v) is 14.1. The zero-order chi connectivity index (χ0) is 29.6. The molecule has 1 aliphatic heterocycles. The van der Waals surface area contributed by atoms with Crippen LogP contribution in [0, 0.1) is 0 Å². The van der Waals surface area contributed by atoms with Gasteiger partial charge in [-0.2, -0.15) is 0 Å². The number of halogens is 1. The predicted octanol–water partition coefficient (Wildman–Crippen LogP) is 6.42. The summed E-state index contributed by atoms with van der Waals surface area (Å²) in [7, 11) is 1.33. The molecule has 0 fully saturated rings. The van der Waals surface area contributed by atoms with Crippen LogP contribution in [-0.2, 0) is 33.9 Å². The summed E-state index contributed by atoms with van der Waals surface area (Å²) in [6, 6.07) is 29.8. The average molecular weight is 583 g/mol. The van der Waals surface area contributed by atoms with Gasteiger partial charge >= 0.3 is 11.9 Å². The van der Waals surface area contributed by atoms with Crippen molar-refractivity contribution in [2.24, 2.45) is 0 Å². The van der Waals surface area contributed by atoms with E-state index in [1.807, 2.05) is 55.5 Å². The molecule has 2 atom stereocenters. The molecule has 1 aliphatic rings. The molecule has 0 saturated heterocycles. The summed E-state index contributed by atoms with van der Waals surface area (Å²) in [5, 5.41) is 2.04. The number of hydrogen-bond donors (Lipinski definition) is 0. The highest BCUT2D eigenvalue weighted by atomic mass is 35.5. The molecule has 4 aromatic rings. The molecule has 0 bridgehead atoms. The molecule has 8 heteroatoms. The van der Waals surface area contributed by atoms with Crippen molar-refractivity contribution in [2.45, 2.75) is 38.5 Å². The Bertz CT molecular complexity index is 1570. The van der Waals surface area contributed by atoms with Crippen LogP contribution in [0.15, 0.2) is 103 Å². The SMILES string of the molecule is COC(=O)c1ccc(CN(C(=O)[C@@H]2Cc3ccccc3CN2OC(=O)c2ccccc2)[C@H](C)c2ccccc2Cl)cc1. The normalized spacial score (nSPS) is 15.3. The van der Waals surface area contributed by atoms with Crippen LogP contribution in [0.5, 0.6) is 0 Å². The van der Waals surface area contributed by atoms with Gasteiger partial charge in [-0.1, -0.05) is 84.4 Å². The monoisotopic (exact) mass is 582 g/mol. The van der Waals surface area contributed by atoms with E-state index in [1.165, 1.54) is 12.2 Å². The van der Waals surface area contributed by atoms with Crippen LogP contribution in [0.4, 0.5) is 0 Å². The molecule has 0 saturated carbocycles. The number of hydroxylamine groups is 2. The number of carbonyl (C=O) groups is 3. The fourth-order valence-electron chi connectivity index (χ4n) is 5.18. The van der Waals surface area contributed by atoms with Gasteiger partial charge in [0.15, 0.2) is 0 Å². The molecule has 42 heavy (non-hydrogen) atoms. The van der Waals surface area contributed by atoms with Crippen LogP contribution >= 0.6 is 11.6 Å². The van der Waals surface area contributed by atoms with Gasteiger partial charge in [0.25, 0.3) is 0 Å². The fourth-order valence-corrected chi connectivity index (χ4v) is 5.47. The molecular weight excluding hydrogens is 552 g/mol. The molecule has 0 unspecified atom stereocenters. The maximum absolute atomic E-state index is 14.6. The summed E-state index contributed by atoms with van der Waals surface area (Å²) in [5.41, 5.74) is 4.44. The highest BCUT2D eigenvalue weighted by molar-refractivity contribution is 6.31. The maximum atomic E-state index is 14.6. The topological polar surface area (TPSA) is 76.2 Å². The lowest BCUT2D eigenvalue weighted by molar-refractivity contribution is -0.174. The molecule has 1 amide bonds. The van der Waals surface area contributed by atoms with Gasteiger partial charge in [-0.05, 0) is 59.5 Å². The minimum absolute atomic E-state index is 0.213. The number of fused-ring (bicyclic) bond motifs is 1. The van der Waals surface area contributed by atoms with E-state index in [1.54, 1.807) is 59.5 Å². The Balaban J connectivity index is 1.50. The van der Waals surface area contributed by atoms with Gasteiger partial charge in [0, 0.05) is 18.0 Å². The van der Waals surface area contributed by atoms with E-state index in [9.17, 15) is 14.4 Å². The lowest BCUT2D eigenvalue weighted by atomic mass is 9.93. The first kappa shape index (κ1) is 29.0. The number of esters is 1. The molecule has 214 valence electrons. The molecule has 0 radical (unpaired) electrons. The van der Waals surface area contributed by atoms with E-state index in [4.69, 9.17) is 21.2 Å². The number of ether oxygens (including phenoxy) is 1. The van der Waals surface area contributed by atoms with Crippen LogP contribution in [0.2, 0.25) is 5.02 Å². The van der Waals surface area contributed by atoms with Gasteiger partial charge in [-0.25, -0.2) is 9.59 Å². The van der Waals surface area contributed by atoms with Crippen LogP contribution in [0.1, 0.15) is 55.9 Å². The molecule has 0 aromatic heterocycles. The average Bonchev–Trinajstić information content (AvgIpc) is 3.03. The summed E-state index contributed by atoms with van der Waals surface area (Å²) < 4.78 is 4.82. The van der Waals surface area contributed by atoms with Crippen LogP contribution in [-0.4, -0.2) is 41.0 Å². The van der Waals surface area contributed by atoms with Gasteiger partial charge in [-0.3, -0.25) is 4.79 Å². The third kappa shape index (κ3) is 6.38. The lowest BCUT2D eigenvalue weighted by Crippen LogP contribution is -2.52. The smallest absolute Gasteiger partial charge is 0.357 e. The lowest BCUT2D eigenvalue weighted by Gasteiger charge is -2.39. The van der Waals surface area contributed by atoms with Gasteiger partial charge in [0.2, 0.25) is 5.91 Å². The maximum Gasteiger partial charge on any atom is 0.357 e. The van der Waals surface area contributed by atoms with Gasteiger partial charge in [0.05, 0.1) is 30.8 Å². The summed E-state index contributed by atoms with van der Waals surface area (Å²) in [6.45, 7) is 2.44. The molecule has 0 aliphatic carbocycles. The Morgan fingerprint density at radius 1 is 0.833 bits per heavy atom. The Labute approximate surface area is 250 Å². The fraction of sp³-hybridized carbons (Fsp3) is 0.206. The number of rotatable bonds is 8. The van der Waals surface area contributed by atoms with Crippen molar-refractivity contribution in [3.8, 4) is 0 Å². The van der Waals surface area contributed by atoms with E-state index in [2.05, 4.69) is 0 Å².